The summed E-state index contributed by atoms with van der Waals surface area (Å²) in [5.41, 5.74) is 0.597. The number of rotatable bonds is 7. The Kier molecular flexibility index (Phi) is 6.70. The molecular formula is C17H35N. The highest BCUT2D eigenvalue weighted by atomic mass is 14.9. The summed E-state index contributed by atoms with van der Waals surface area (Å²) < 4.78 is 0. The molecule has 1 fully saturated rings. The molecule has 1 N–H and O–H groups in total. The lowest BCUT2D eigenvalue weighted by Gasteiger charge is -2.40. The molecule has 2 atom stereocenters. The van der Waals surface area contributed by atoms with Crippen LogP contribution >= 0.6 is 0 Å². The molecule has 0 saturated heterocycles. The summed E-state index contributed by atoms with van der Waals surface area (Å²) in [7, 11) is 0. The largest absolute Gasteiger partial charge is 0.313 e. The van der Waals surface area contributed by atoms with Crippen molar-refractivity contribution < 1.29 is 0 Å². The van der Waals surface area contributed by atoms with Crippen molar-refractivity contribution in [3.05, 3.63) is 0 Å². The van der Waals surface area contributed by atoms with Crippen LogP contribution in [0.25, 0.3) is 0 Å². The Labute approximate surface area is 115 Å². The zero-order chi connectivity index (χ0) is 13.6. The molecule has 0 aromatic carbocycles. The number of nitrogens with one attached hydrogen (secondary N) is 1. The second-order valence-corrected chi connectivity index (χ2v) is 7.25. The molecule has 1 rings (SSSR count). The highest BCUT2D eigenvalue weighted by molar-refractivity contribution is 4.87. The molecule has 0 aliphatic heterocycles. The molecule has 0 aromatic rings. The lowest BCUT2D eigenvalue weighted by molar-refractivity contribution is 0.136. The Morgan fingerprint density at radius 2 is 1.72 bits per heavy atom. The SMILES string of the molecule is CCCNC(C(C)CCC)C1CCC(C)(C)CC1. The third-order valence-corrected chi connectivity index (χ3v) is 4.88. The van der Waals surface area contributed by atoms with Gasteiger partial charge in [0, 0.05) is 6.04 Å². The van der Waals surface area contributed by atoms with E-state index >= 15 is 0 Å². The predicted octanol–water partition coefficient (Wildman–Crippen LogP) is 5.01. The van der Waals surface area contributed by atoms with E-state index in [2.05, 4.69) is 39.9 Å². The quantitative estimate of drug-likeness (QED) is 0.672. The van der Waals surface area contributed by atoms with Crippen molar-refractivity contribution >= 4 is 0 Å². The summed E-state index contributed by atoms with van der Waals surface area (Å²) in [6, 6.07) is 0.765. The van der Waals surface area contributed by atoms with Gasteiger partial charge in [-0.3, -0.25) is 0 Å². The summed E-state index contributed by atoms with van der Waals surface area (Å²) in [6.45, 7) is 13.1. The first-order valence-electron chi connectivity index (χ1n) is 8.23. The molecule has 0 amide bonds. The fourth-order valence-electron chi connectivity index (χ4n) is 3.56. The van der Waals surface area contributed by atoms with E-state index in [0.29, 0.717) is 5.41 Å². The van der Waals surface area contributed by atoms with Crippen LogP contribution in [0.3, 0.4) is 0 Å². The minimum Gasteiger partial charge on any atom is -0.313 e. The zero-order valence-electron chi connectivity index (χ0n) is 13.4. The third-order valence-electron chi connectivity index (χ3n) is 4.88. The van der Waals surface area contributed by atoms with Gasteiger partial charge >= 0.3 is 0 Å². The topological polar surface area (TPSA) is 12.0 Å². The van der Waals surface area contributed by atoms with Gasteiger partial charge < -0.3 is 5.32 Å². The van der Waals surface area contributed by atoms with Crippen molar-refractivity contribution in [2.75, 3.05) is 6.54 Å². The van der Waals surface area contributed by atoms with E-state index in [9.17, 15) is 0 Å². The van der Waals surface area contributed by atoms with E-state index in [4.69, 9.17) is 0 Å². The van der Waals surface area contributed by atoms with Crippen LogP contribution in [-0.4, -0.2) is 12.6 Å². The molecule has 1 heteroatoms. The normalized spacial score (nSPS) is 23.8. The van der Waals surface area contributed by atoms with Gasteiger partial charge in [0.2, 0.25) is 0 Å². The maximum atomic E-state index is 3.85. The van der Waals surface area contributed by atoms with Crippen LogP contribution in [-0.2, 0) is 0 Å². The molecule has 0 spiro atoms. The van der Waals surface area contributed by atoms with Crippen molar-refractivity contribution in [3.8, 4) is 0 Å². The Morgan fingerprint density at radius 1 is 1.11 bits per heavy atom. The monoisotopic (exact) mass is 253 g/mol. The highest BCUT2D eigenvalue weighted by Gasteiger charge is 2.32. The molecular weight excluding hydrogens is 218 g/mol. The predicted molar refractivity (Wildman–Crippen MR) is 81.9 cm³/mol. The van der Waals surface area contributed by atoms with Crippen LogP contribution in [0.2, 0.25) is 0 Å². The van der Waals surface area contributed by atoms with E-state index in [1.807, 2.05) is 0 Å². The van der Waals surface area contributed by atoms with Gasteiger partial charge in [-0.05, 0) is 62.3 Å². The van der Waals surface area contributed by atoms with Crippen LogP contribution in [0.15, 0.2) is 0 Å². The summed E-state index contributed by atoms with van der Waals surface area (Å²) in [5, 5.41) is 3.85. The smallest absolute Gasteiger partial charge is 0.0121 e. The highest BCUT2D eigenvalue weighted by Crippen LogP contribution is 2.40. The van der Waals surface area contributed by atoms with Gasteiger partial charge in [-0.2, -0.15) is 0 Å². The van der Waals surface area contributed by atoms with E-state index < -0.39 is 0 Å². The summed E-state index contributed by atoms with van der Waals surface area (Å²) in [5.74, 6) is 1.76. The second kappa shape index (κ2) is 7.53. The van der Waals surface area contributed by atoms with Gasteiger partial charge in [0.25, 0.3) is 0 Å². The van der Waals surface area contributed by atoms with Gasteiger partial charge in [-0.1, -0.05) is 41.0 Å². The molecule has 1 nitrogen and oxygen atoms in total. The molecule has 18 heavy (non-hydrogen) atoms. The second-order valence-electron chi connectivity index (χ2n) is 7.25. The maximum absolute atomic E-state index is 3.85. The van der Waals surface area contributed by atoms with E-state index in [1.165, 1.54) is 51.5 Å². The average molecular weight is 253 g/mol. The van der Waals surface area contributed by atoms with Crippen LogP contribution < -0.4 is 5.32 Å². The van der Waals surface area contributed by atoms with Crippen molar-refractivity contribution in [2.24, 2.45) is 17.3 Å². The Balaban J connectivity index is 2.54. The van der Waals surface area contributed by atoms with E-state index in [0.717, 1.165) is 17.9 Å². The first kappa shape index (κ1) is 16.0. The van der Waals surface area contributed by atoms with Crippen LogP contribution in [0.1, 0.15) is 79.6 Å². The number of hydrogen-bond donors (Lipinski definition) is 1. The van der Waals surface area contributed by atoms with Crippen LogP contribution in [0.4, 0.5) is 0 Å². The lowest BCUT2D eigenvalue weighted by atomic mass is 9.69. The fourth-order valence-corrected chi connectivity index (χ4v) is 3.56. The lowest BCUT2D eigenvalue weighted by Crippen LogP contribution is -2.43. The van der Waals surface area contributed by atoms with Crippen LogP contribution in [0, 0.1) is 17.3 Å². The first-order valence-corrected chi connectivity index (χ1v) is 8.23. The molecule has 0 radical (unpaired) electrons. The van der Waals surface area contributed by atoms with E-state index in [-0.39, 0.29) is 0 Å². The molecule has 2 unspecified atom stereocenters. The number of hydrogen-bond acceptors (Lipinski definition) is 1. The van der Waals surface area contributed by atoms with Gasteiger partial charge in [0.15, 0.2) is 0 Å². The van der Waals surface area contributed by atoms with Gasteiger partial charge in [-0.15, -0.1) is 0 Å². The maximum Gasteiger partial charge on any atom is 0.0121 e. The Hall–Kier alpha value is -0.0400. The van der Waals surface area contributed by atoms with Crippen molar-refractivity contribution in [1.29, 1.82) is 0 Å². The zero-order valence-corrected chi connectivity index (χ0v) is 13.4. The average Bonchev–Trinajstić information content (AvgIpc) is 2.31. The molecule has 0 aromatic heterocycles. The molecule has 0 heterocycles. The standard InChI is InChI=1S/C17H35N/c1-6-8-14(3)16(18-13-7-2)15-9-11-17(4,5)12-10-15/h14-16,18H,6-13H2,1-5H3. The third kappa shape index (κ3) is 4.91. The Morgan fingerprint density at radius 3 is 2.22 bits per heavy atom. The van der Waals surface area contributed by atoms with Gasteiger partial charge in [0.1, 0.15) is 0 Å². The summed E-state index contributed by atoms with van der Waals surface area (Å²) in [4.78, 5) is 0. The molecule has 108 valence electrons. The van der Waals surface area contributed by atoms with Crippen LogP contribution in [0.5, 0.6) is 0 Å². The first-order chi connectivity index (χ1) is 8.50. The van der Waals surface area contributed by atoms with Crippen molar-refractivity contribution in [2.45, 2.75) is 85.6 Å². The minimum absolute atomic E-state index is 0.597. The van der Waals surface area contributed by atoms with Crippen molar-refractivity contribution in [1.82, 2.24) is 5.32 Å². The van der Waals surface area contributed by atoms with Gasteiger partial charge in [-0.25, -0.2) is 0 Å². The molecule has 1 aliphatic carbocycles. The molecule has 1 aliphatic rings. The Bertz CT molecular complexity index is 212. The summed E-state index contributed by atoms with van der Waals surface area (Å²) >= 11 is 0. The van der Waals surface area contributed by atoms with Crippen molar-refractivity contribution in [3.63, 3.8) is 0 Å². The fraction of sp³-hybridized carbons (Fsp3) is 1.00. The van der Waals surface area contributed by atoms with Gasteiger partial charge in [0.05, 0.1) is 0 Å². The molecule has 0 bridgehead atoms. The summed E-state index contributed by atoms with van der Waals surface area (Å²) in [6.07, 6.45) is 9.66. The van der Waals surface area contributed by atoms with E-state index in [1.54, 1.807) is 0 Å². The molecule has 1 saturated carbocycles. The minimum atomic E-state index is 0.597.